The molecular weight excluding hydrogens is 387 g/mol. The summed E-state index contributed by atoms with van der Waals surface area (Å²) in [4.78, 5) is 22.3. The van der Waals surface area contributed by atoms with E-state index in [1.807, 2.05) is 26.8 Å². The Morgan fingerprint density at radius 1 is 1.20 bits per heavy atom. The molecule has 0 aliphatic heterocycles. The molecule has 0 aliphatic carbocycles. The summed E-state index contributed by atoms with van der Waals surface area (Å²) in [5.41, 5.74) is 4.25. The first-order chi connectivity index (χ1) is 14.1. The second kappa shape index (κ2) is 10.2. The molecule has 0 aromatic heterocycles. The predicted molar refractivity (Wildman–Crippen MR) is 114 cm³/mol. The molecule has 2 aromatic rings. The van der Waals surface area contributed by atoms with Crippen LogP contribution in [0.5, 0.6) is 5.75 Å². The molecule has 0 fully saturated rings. The first-order valence-corrected chi connectivity index (χ1v) is 9.71. The molecule has 1 atom stereocenters. The summed E-state index contributed by atoms with van der Waals surface area (Å²) < 4.78 is 19.1. The molecule has 1 unspecified atom stereocenters. The van der Waals surface area contributed by atoms with Gasteiger partial charge < -0.3 is 14.9 Å². The number of hydrogen-bond acceptors (Lipinski definition) is 4. The van der Waals surface area contributed by atoms with Crippen LogP contribution in [0.2, 0.25) is 0 Å². The molecule has 0 heterocycles. The zero-order valence-corrected chi connectivity index (χ0v) is 17.6. The van der Waals surface area contributed by atoms with Gasteiger partial charge in [-0.15, -0.1) is 0 Å². The number of carboxylic acids is 1. The Bertz CT molecular complexity index is 945. The molecule has 0 amide bonds. The number of benzene rings is 2. The van der Waals surface area contributed by atoms with Crippen LogP contribution in [0.15, 0.2) is 36.4 Å². The van der Waals surface area contributed by atoms with Gasteiger partial charge in [0.25, 0.3) is 0 Å². The minimum absolute atomic E-state index is 0.152. The third-order valence-corrected chi connectivity index (χ3v) is 4.77. The number of carbonyl (C=O) groups is 2. The average Bonchev–Trinajstić information content (AvgIpc) is 2.66. The van der Waals surface area contributed by atoms with Gasteiger partial charge in [-0.1, -0.05) is 44.2 Å². The largest absolute Gasteiger partial charge is 0.496 e. The average molecular weight is 414 g/mol. The minimum atomic E-state index is -1.22. The molecule has 160 valence electrons. The highest BCUT2D eigenvalue weighted by Crippen LogP contribution is 2.41. The van der Waals surface area contributed by atoms with Gasteiger partial charge in [-0.3, -0.25) is 9.59 Å². The summed E-state index contributed by atoms with van der Waals surface area (Å²) in [7, 11) is 1.57. The SMILES string of the molecule is COc1c(C)cc(C(C)C)c(C=CC(O)CC(=O)CC(=O)O)c1-c1ccc(F)cc1. The van der Waals surface area contributed by atoms with Gasteiger partial charge in [0.1, 0.15) is 23.8 Å². The quantitative estimate of drug-likeness (QED) is 0.579. The second-order valence-corrected chi connectivity index (χ2v) is 7.51. The van der Waals surface area contributed by atoms with E-state index in [4.69, 9.17) is 9.84 Å². The van der Waals surface area contributed by atoms with Gasteiger partial charge in [-0.2, -0.15) is 0 Å². The lowest BCUT2D eigenvalue weighted by atomic mass is 9.87. The fourth-order valence-electron chi connectivity index (χ4n) is 3.41. The van der Waals surface area contributed by atoms with Crippen molar-refractivity contribution in [2.24, 2.45) is 0 Å². The number of ketones is 1. The molecule has 0 spiro atoms. The number of aliphatic hydroxyl groups excluding tert-OH is 1. The van der Waals surface area contributed by atoms with Gasteiger partial charge in [-0.05, 0) is 47.2 Å². The lowest BCUT2D eigenvalue weighted by molar-refractivity contribution is -0.140. The highest BCUT2D eigenvalue weighted by molar-refractivity contribution is 5.95. The van der Waals surface area contributed by atoms with Crippen molar-refractivity contribution in [3.05, 3.63) is 58.9 Å². The lowest BCUT2D eigenvalue weighted by Crippen LogP contribution is -2.14. The first kappa shape index (κ1) is 23.3. The fourth-order valence-corrected chi connectivity index (χ4v) is 3.41. The van der Waals surface area contributed by atoms with Crippen molar-refractivity contribution in [3.63, 3.8) is 0 Å². The third kappa shape index (κ3) is 5.76. The molecule has 2 aromatic carbocycles. The van der Waals surface area contributed by atoms with Crippen LogP contribution in [0.1, 0.15) is 49.3 Å². The summed E-state index contributed by atoms with van der Waals surface area (Å²) in [6.45, 7) is 6.02. The zero-order chi connectivity index (χ0) is 22.4. The van der Waals surface area contributed by atoms with Crippen molar-refractivity contribution >= 4 is 17.8 Å². The van der Waals surface area contributed by atoms with Crippen LogP contribution in [0.25, 0.3) is 17.2 Å². The summed E-state index contributed by atoms with van der Waals surface area (Å²) in [5.74, 6) is -1.33. The van der Waals surface area contributed by atoms with E-state index >= 15 is 0 Å². The number of aliphatic carboxylic acids is 1. The van der Waals surface area contributed by atoms with E-state index < -0.39 is 24.3 Å². The monoisotopic (exact) mass is 414 g/mol. The van der Waals surface area contributed by atoms with Crippen molar-refractivity contribution in [1.82, 2.24) is 0 Å². The number of rotatable bonds is 9. The summed E-state index contributed by atoms with van der Waals surface area (Å²) in [6.07, 6.45) is 1.17. The van der Waals surface area contributed by atoms with Crippen molar-refractivity contribution in [2.45, 2.75) is 45.6 Å². The highest BCUT2D eigenvalue weighted by atomic mass is 19.1. The van der Waals surface area contributed by atoms with E-state index in [9.17, 15) is 19.1 Å². The van der Waals surface area contributed by atoms with Gasteiger partial charge in [0.05, 0.1) is 13.2 Å². The number of methoxy groups -OCH3 is 1. The van der Waals surface area contributed by atoms with Crippen molar-refractivity contribution in [1.29, 1.82) is 0 Å². The standard InChI is InChI=1S/C24H27FO5/c1-14(2)21-11-15(3)24(30-4)23(16-5-7-17(25)8-6-16)20(21)10-9-18(26)12-19(27)13-22(28)29/h5-11,14,18,26H,12-13H2,1-4H3,(H,28,29). The molecule has 0 saturated heterocycles. The Balaban J connectivity index is 2.56. The summed E-state index contributed by atoms with van der Waals surface area (Å²) in [5, 5.41) is 18.9. The Labute approximate surface area is 175 Å². The van der Waals surface area contributed by atoms with Crippen LogP contribution in [0, 0.1) is 12.7 Å². The van der Waals surface area contributed by atoms with Gasteiger partial charge in [0.2, 0.25) is 0 Å². The number of carboxylic acid groups (broad SMARTS) is 1. The van der Waals surface area contributed by atoms with E-state index in [0.717, 1.165) is 27.8 Å². The number of carbonyl (C=O) groups excluding carboxylic acids is 1. The molecule has 2 N–H and O–H groups in total. The normalized spacial score (nSPS) is 12.4. The van der Waals surface area contributed by atoms with Crippen molar-refractivity contribution < 1.29 is 28.9 Å². The van der Waals surface area contributed by atoms with Crippen LogP contribution in [-0.2, 0) is 9.59 Å². The van der Waals surface area contributed by atoms with Crippen LogP contribution < -0.4 is 4.74 Å². The van der Waals surface area contributed by atoms with Crippen LogP contribution in [-0.4, -0.2) is 35.2 Å². The minimum Gasteiger partial charge on any atom is -0.496 e. The maximum absolute atomic E-state index is 13.5. The van der Waals surface area contributed by atoms with E-state index in [0.29, 0.717) is 5.75 Å². The van der Waals surface area contributed by atoms with Gasteiger partial charge in [0.15, 0.2) is 0 Å². The Morgan fingerprint density at radius 3 is 2.37 bits per heavy atom. The molecule has 0 bridgehead atoms. The first-order valence-electron chi connectivity index (χ1n) is 9.71. The van der Waals surface area contributed by atoms with Crippen molar-refractivity contribution in [2.75, 3.05) is 7.11 Å². The molecule has 6 heteroatoms. The predicted octanol–water partition coefficient (Wildman–Crippen LogP) is 4.74. The van der Waals surface area contributed by atoms with Crippen LogP contribution >= 0.6 is 0 Å². The summed E-state index contributed by atoms with van der Waals surface area (Å²) in [6, 6.07) is 8.10. The Kier molecular flexibility index (Phi) is 7.89. The molecule has 0 saturated carbocycles. The summed E-state index contributed by atoms with van der Waals surface area (Å²) >= 11 is 0. The maximum atomic E-state index is 13.5. The number of hydrogen-bond donors (Lipinski definition) is 2. The molecule has 5 nitrogen and oxygen atoms in total. The van der Waals surface area contributed by atoms with E-state index in [1.165, 1.54) is 18.2 Å². The topological polar surface area (TPSA) is 83.8 Å². The second-order valence-electron chi connectivity index (χ2n) is 7.51. The van der Waals surface area contributed by atoms with E-state index in [2.05, 4.69) is 0 Å². The van der Waals surface area contributed by atoms with E-state index in [-0.39, 0.29) is 18.2 Å². The number of aryl methyl sites for hydroxylation is 1. The third-order valence-electron chi connectivity index (χ3n) is 4.77. The van der Waals surface area contributed by atoms with Crippen LogP contribution in [0.4, 0.5) is 4.39 Å². The number of Topliss-reactive ketones (excluding diaryl/α,β-unsaturated/α-hetero) is 1. The lowest BCUT2D eigenvalue weighted by Gasteiger charge is -2.21. The zero-order valence-electron chi connectivity index (χ0n) is 17.6. The Morgan fingerprint density at radius 2 is 1.83 bits per heavy atom. The molecular formula is C24H27FO5. The van der Waals surface area contributed by atoms with E-state index in [1.54, 1.807) is 25.3 Å². The molecule has 30 heavy (non-hydrogen) atoms. The van der Waals surface area contributed by atoms with Crippen molar-refractivity contribution in [3.8, 4) is 16.9 Å². The smallest absolute Gasteiger partial charge is 0.310 e. The maximum Gasteiger partial charge on any atom is 0.310 e. The van der Waals surface area contributed by atoms with Gasteiger partial charge >= 0.3 is 5.97 Å². The number of ether oxygens (including phenoxy) is 1. The Hall–Kier alpha value is -2.99. The fraction of sp³-hybridized carbons (Fsp3) is 0.333. The molecule has 0 radical (unpaired) electrons. The van der Waals surface area contributed by atoms with Gasteiger partial charge in [-0.25, -0.2) is 4.39 Å². The number of aliphatic hydroxyl groups is 1. The van der Waals surface area contributed by atoms with Crippen LogP contribution in [0.3, 0.4) is 0 Å². The van der Waals surface area contributed by atoms with Gasteiger partial charge in [0, 0.05) is 12.0 Å². The number of halogens is 1. The highest BCUT2D eigenvalue weighted by Gasteiger charge is 2.19. The molecule has 2 rings (SSSR count). The molecule has 0 aliphatic rings.